The summed E-state index contributed by atoms with van der Waals surface area (Å²) >= 11 is 1.59. The van der Waals surface area contributed by atoms with Crippen molar-refractivity contribution in [3.8, 4) is 0 Å². The predicted molar refractivity (Wildman–Crippen MR) is 78.0 cm³/mol. The molecule has 1 aromatic carbocycles. The van der Waals surface area contributed by atoms with Crippen LogP contribution in [0.15, 0.2) is 35.4 Å². The molecule has 0 fully saturated rings. The molecule has 0 aliphatic carbocycles. The second kappa shape index (κ2) is 6.04. The van der Waals surface area contributed by atoms with Crippen molar-refractivity contribution in [3.05, 3.63) is 36.0 Å². The quantitative estimate of drug-likeness (QED) is 0.851. The number of pyridine rings is 1. The number of rotatable bonds is 5. The van der Waals surface area contributed by atoms with Gasteiger partial charge in [-0.25, -0.2) is 9.78 Å². The molecule has 0 saturated carbocycles. The maximum Gasteiger partial charge on any atom is 0.354 e. The van der Waals surface area contributed by atoms with Gasteiger partial charge in [0.2, 0.25) is 0 Å². The van der Waals surface area contributed by atoms with Gasteiger partial charge in [-0.05, 0) is 25.5 Å². The van der Waals surface area contributed by atoms with Gasteiger partial charge >= 0.3 is 5.97 Å². The molecule has 0 unspecified atom stereocenters. The van der Waals surface area contributed by atoms with Gasteiger partial charge < -0.3 is 10.0 Å². The van der Waals surface area contributed by atoms with Crippen molar-refractivity contribution >= 4 is 28.5 Å². The molecule has 0 spiro atoms. The second-order valence-electron chi connectivity index (χ2n) is 4.49. The molecule has 2 aromatic rings. The Morgan fingerprint density at radius 3 is 2.79 bits per heavy atom. The van der Waals surface area contributed by atoms with Crippen molar-refractivity contribution in [1.29, 1.82) is 0 Å². The average Bonchev–Trinajstić information content (AvgIpc) is 2.38. The molecule has 1 N–H and O–H groups in total. The monoisotopic (exact) mass is 276 g/mol. The molecule has 0 radical (unpaired) electrons. The van der Waals surface area contributed by atoms with Crippen molar-refractivity contribution in [2.45, 2.75) is 5.03 Å². The SMILES string of the molecule is CN(C)CCSc1nc(C(=O)O)cc2ccccc12. The van der Waals surface area contributed by atoms with Crippen LogP contribution in [0.2, 0.25) is 0 Å². The van der Waals surface area contributed by atoms with Gasteiger partial charge in [0.1, 0.15) is 10.7 Å². The molecule has 100 valence electrons. The van der Waals surface area contributed by atoms with Crippen LogP contribution in [0.25, 0.3) is 10.8 Å². The number of aromatic nitrogens is 1. The van der Waals surface area contributed by atoms with E-state index in [2.05, 4.69) is 9.88 Å². The van der Waals surface area contributed by atoms with E-state index in [4.69, 9.17) is 5.11 Å². The van der Waals surface area contributed by atoms with Crippen molar-refractivity contribution in [2.75, 3.05) is 26.4 Å². The molecule has 1 heterocycles. The molecule has 0 bridgehead atoms. The Hall–Kier alpha value is -1.59. The summed E-state index contributed by atoms with van der Waals surface area (Å²) in [6.07, 6.45) is 0. The molecular formula is C14H16N2O2S. The highest BCUT2D eigenvalue weighted by Crippen LogP contribution is 2.26. The minimum absolute atomic E-state index is 0.103. The van der Waals surface area contributed by atoms with Gasteiger partial charge in [0.15, 0.2) is 0 Å². The zero-order chi connectivity index (χ0) is 13.8. The fraction of sp³-hybridized carbons (Fsp3) is 0.286. The number of hydrogen-bond donors (Lipinski definition) is 1. The minimum Gasteiger partial charge on any atom is -0.477 e. The third-order valence-corrected chi connectivity index (χ3v) is 3.67. The lowest BCUT2D eigenvalue weighted by molar-refractivity contribution is 0.0690. The smallest absolute Gasteiger partial charge is 0.354 e. The first kappa shape index (κ1) is 13.8. The minimum atomic E-state index is -0.986. The molecule has 19 heavy (non-hydrogen) atoms. The van der Waals surface area contributed by atoms with E-state index >= 15 is 0 Å². The molecule has 0 aliphatic rings. The Morgan fingerprint density at radius 2 is 2.11 bits per heavy atom. The first-order chi connectivity index (χ1) is 9.08. The summed E-state index contributed by atoms with van der Waals surface area (Å²) in [5.74, 6) is -0.104. The first-order valence-electron chi connectivity index (χ1n) is 5.98. The third-order valence-electron chi connectivity index (χ3n) is 2.70. The third kappa shape index (κ3) is 3.45. The van der Waals surface area contributed by atoms with Crippen LogP contribution in [0.4, 0.5) is 0 Å². The summed E-state index contributed by atoms with van der Waals surface area (Å²) in [6.45, 7) is 0.929. The van der Waals surface area contributed by atoms with Gasteiger partial charge in [0.25, 0.3) is 0 Å². The van der Waals surface area contributed by atoms with Crippen LogP contribution in [0.5, 0.6) is 0 Å². The van der Waals surface area contributed by atoms with Crippen LogP contribution in [-0.4, -0.2) is 47.4 Å². The molecule has 1 aromatic heterocycles. The van der Waals surface area contributed by atoms with Crippen molar-refractivity contribution in [3.63, 3.8) is 0 Å². The zero-order valence-electron chi connectivity index (χ0n) is 11.0. The van der Waals surface area contributed by atoms with Crippen molar-refractivity contribution < 1.29 is 9.90 Å². The fourth-order valence-corrected chi connectivity index (χ4v) is 2.87. The van der Waals surface area contributed by atoms with E-state index < -0.39 is 5.97 Å². The van der Waals surface area contributed by atoms with Crippen molar-refractivity contribution in [2.24, 2.45) is 0 Å². The Kier molecular flexibility index (Phi) is 4.39. The van der Waals surface area contributed by atoms with E-state index in [1.165, 1.54) is 0 Å². The molecule has 0 atom stereocenters. The van der Waals surface area contributed by atoms with E-state index in [0.717, 1.165) is 28.1 Å². The van der Waals surface area contributed by atoms with Crippen LogP contribution >= 0.6 is 11.8 Å². The lowest BCUT2D eigenvalue weighted by Gasteiger charge is -2.10. The molecule has 0 saturated heterocycles. The largest absolute Gasteiger partial charge is 0.477 e. The number of carboxylic acid groups (broad SMARTS) is 1. The number of hydrogen-bond acceptors (Lipinski definition) is 4. The number of nitrogens with zero attached hydrogens (tertiary/aromatic N) is 2. The number of fused-ring (bicyclic) bond motifs is 1. The van der Waals surface area contributed by atoms with Crippen LogP contribution in [0.1, 0.15) is 10.5 Å². The second-order valence-corrected chi connectivity index (χ2v) is 5.57. The van der Waals surface area contributed by atoms with Gasteiger partial charge in [-0.3, -0.25) is 0 Å². The zero-order valence-corrected chi connectivity index (χ0v) is 11.8. The van der Waals surface area contributed by atoms with E-state index in [0.29, 0.717) is 0 Å². The molecule has 2 rings (SSSR count). The number of aromatic carboxylic acids is 1. The summed E-state index contributed by atoms with van der Waals surface area (Å²) in [5, 5.41) is 11.8. The van der Waals surface area contributed by atoms with Crippen molar-refractivity contribution in [1.82, 2.24) is 9.88 Å². The first-order valence-corrected chi connectivity index (χ1v) is 6.97. The number of thioether (sulfide) groups is 1. The summed E-state index contributed by atoms with van der Waals surface area (Å²) in [4.78, 5) is 17.4. The van der Waals surface area contributed by atoms with E-state index in [1.807, 2.05) is 38.4 Å². The maximum atomic E-state index is 11.1. The summed E-state index contributed by atoms with van der Waals surface area (Å²) in [7, 11) is 4.03. The average molecular weight is 276 g/mol. The molecule has 0 amide bonds. The normalized spacial score (nSPS) is 11.1. The van der Waals surface area contributed by atoms with E-state index in [9.17, 15) is 4.79 Å². The number of carbonyl (C=O) groups is 1. The molecule has 0 aliphatic heterocycles. The standard InChI is InChI=1S/C14H16N2O2S/c1-16(2)7-8-19-13-11-6-4-3-5-10(11)9-12(15-13)14(17)18/h3-6,9H,7-8H2,1-2H3,(H,17,18). The predicted octanol–water partition coefficient (Wildman–Crippen LogP) is 2.59. The number of benzene rings is 1. The van der Waals surface area contributed by atoms with Crippen LogP contribution in [-0.2, 0) is 0 Å². The van der Waals surface area contributed by atoms with Gasteiger partial charge in [0.05, 0.1) is 0 Å². The molecular weight excluding hydrogens is 260 g/mol. The summed E-state index contributed by atoms with van der Waals surface area (Å²) in [5.41, 5.74) is 0.103. The highest BCUT2D eigenvalue weighted by atomic mass is 32.2. The Labute approximate surface area is 116 Å². The number of carboxylic acids is 1. The molecule has 4 nitrogen and oxygen atoms in total. The topological polar surface area (TPSA) is 53.4 Å². The maximum absolute atomic E-state index is 11.1. The van der Waals surface area contributed by atoms with Crippen LogP contribution < -0.4 is 0 Å². The van der Waals surface area contributed by atoms with Gasteiger partial charge in [-0.1, -0.05) is 24.3 Å². The van der Waals surface area contributed by atoms with Crippen LogP contribution in [0.3, 0.4) is 0 Å². The lowest BCUT2D eigenvalue weighted by atomic mass is 10.1. The lowest BCUT2D eigenvalue weighted by Crippen LogP contribution is -2.15. The Bertz CT molecular complexity index is 599. The van der Waals surface area contributed by atoms with Gasteiger partial charge in [-0.2, -0.15) is 0 Å². The van der Waals surface area contributed by atoms with Gasteiger partial charge in [-0.15, -0.1) is 11.8 Å². The highest BCUT2D eigenvalue weighted by Gasteiger charge is 2.11. The van der Waals surface area contributed by atoms with Crippen LogP contribution in [0, 0.1) is 0 Å². The Morgan fingerprint density at radius 1 is 1.37 bits per heavy atom. The highest BCUT2D eigenvalue weighted by molar-refractivity contribution is 7.99. The fourth-order valence-electron chi connectivity index (χ4n) is 1.71. The Balaban J connectivity index is 2.36. The summed E-state index contributed by atoms with van der Waals surface area (Å²) < 4.78 is 0. The molecule has 5 heteroatoms. The van der Waals surface area contributed by atoms with Gasteiger partial charge in [0, 0.05) is 17.7 Å². The van der Waals surface area contributed by atoms with E-state index in [1.54, 1.807) is 17.8 Å². The summed E-state index contributed by atoms with van der Waals surface area (Å²) in [6, 6.07) is 9.36. The van der Waals surface area contributed by atoms with E-state index in [-0.39, 0.29) is 5.69 Å².